The Bertz CT molecular complexity index is 503. The van der Waals surface area contributed by atoms with Crippen LogP contribution in [0.15, 0.2) is 18.3 Å². The second-order valence-electron chi connectivity index (χ2n) is 6.98. The average molecular weight is 305 g/mol. The minimum Gasteiger partial charge on any atom is -0.444 e. The molecule has 1 amide bonds. The van der Waals surface area contributed by atoms with Crippen LogP contribution in [-0.4, -0.2) is 41.2 Å². The van der Waals surface area contributed by atoms with Gasteiger partial charge in [0.25, 0.3) is 0 Å². The van der Waals surface area contributed by atoms with Gasteiger partial charge in [-0.2, -0.15) is 0 Å². The minimum absolute atomic E-state index is 0.191. The molecule has 0 bridgehead atoms. The summed E-state index contributed by atoms with van der Waals surface area (Å²) in [6.07, 6.45) is 3.65. The summed E-state index contributed by atoms with van der Waals surface area (Å²) in [4.78, 5) is 18.0. The number of hydrogen-bond donors (Lipinski definition) is 1. The molecule has 1 aromatic rings. The van der Waals surface area contributed by atoms with E-state index in [4.69, 9.17) is 4.74 Å². The highest BCUT2D eigenvalue weighted by Gasteiger charge is 2.26. The van der Waals surface area contributed by atoms with Crippen molar-refractivity contribution < 1.29 is 9.53 Å². The van der Waals surface area contributed by atoms with Crippen molar-refractivity contribution in [2.24, 2.45) is 5.92 Å². The Labute approximate surface area is 133 Å². The summed E-state index contributed by atoms with van der Waals surface area (Å²) >= 11 is 0. The van der Waals surface area contributed by atoms with E-state index in [-0.39, 0.29) is 6.09 Å². The third kappa shape index (κ3) is 5.20. The second kappa shape index (κ2) is 6.99. The molecule has 2 rings (SSSR count). The van der Waals surface area contributed by atoms with Gasteiger partial charge in [-0.25, -0.2) is 4.79 Å². The lowest BCUT2D eigenvalue weighted by Gasteiger charge is -2.33. The van der Waals surface area contributed by atoms with E-state index in [1.165, 1.54) is 0 Å². The molecule has 1 aliphatic rings. The van der Waals surface area contributed by atoms with E-state index in [1.807, 2.05) is 44.9 Å². The number of piperidine rings is 1. The van der Waals surface area contributed by atoms with Gasteiger partial charge in [0.05, 0.1) is 0 Å². The first-order valence-corrected chi connectivity index (χ1v) is 7.98. The summed E-state index contributed by atoms with van der Waals surface area (Å²) in [5.74, 6) is 0.590. The Morgan fingerprint density at radius 2 is 2.09 bits per heavy atom. The molecule has 0 aromatic carbocycles. The van der Waals surface area contributed by atoms with Gasteiger partial charge in [0.2, 0.25) is 0 Å². The molecule has 0 spiro atoms. The molecule has 122 valence electrons. The lowest BCUT2D eigenvalue weighted by molar-refractivity contribution is 0.0188. The van der Waals surface area contributed by atoms with Gasteiger partial charge in [0, 0.05) is 37.2 Å². The topological polar surface area (TPSA) is 54.5 Å². The summed E-state index contributed by atoms with van der Waals surface area (Å²) in [6, 6.07) is 4.04. The van der Waals surface area contributed by atoms with E-state index in [1.54, 1.807) is 0 Å². The van der Waals surface area contributed by atoms with Gasteiger partial charge < -0.3 is 15.0 Å². The van der Waals surface area contributed by atoms with Crippen molar-refractivity contribution in [3.05, 3.63) is 24.0 Å². The second-order valence-corrected chi connectivity index (χ2v) is 6.98. The smallest absolute Gasteiger partial charge is 0.410 e. The molecular weight excluding hydrogens is 278 g/mol. The number of anilines is 1. The molecule has 1 fully saturated rings. The Morgan fingerprint density at radius 1 is 1.41 bits per heavy atom. The van der Waals surface area contributed by atoms with Crippen LogP contribution in [0.1, 0.15) is 39.3 Å². The molecule has 5 nitrogen and oxygen atoms in total. The normalized spacial score (nSPS) is 16.5. The van der Waals surface area contributed by atoms with Crippen molar-refractivity contribution in [1.29, 1.82) is 0 Å². The number of amides is 1. The molecule has 0 atom stereocenters. The Kier molecular flexibility index (Phi) is 5.27. The molecule has 1 aromatic heterocycles. The Morgan fingerprint density at radius 3 is 2.68 bits per heavy atom. The fraction of sp³-hybridized carbons (Fsp3) is 0.647. The van der Waals surface area contributed by atoms with Crippen LogP contribution in [0.25, 0.3) is 0 Å². The number of ether oxygens (including phenoxy) is 1. The lowest BCUT2D eigenvalue weighted by Crippen LogP contribution is -2.42. The van der Waals surface area contributed by atoms with Crippen molar-refractivity contribution in [1.82, 2.24) is 9.88 Å². The first-order valence-electron chi connectivity index (χ1n) is 7.98. The predicted octanol–water partition coefficient (Wildman–Crippen LogP) is 3.45. The summed E-state index contributed by atoms with van der Waals surface area (Å²) in [5, 5.41) is 3.46. The van der Waals surface area contributed by atoms with Crippen LogP contribution in [0, 0.1) is 12.8 Å². The van der Waals surface area contributed by atoms with E-state index >= 15 is 0 Å². The number of nitrogens with zero attached hydrogens (tertiary/aromatic N) is 2. The molecule has 0 aliphatic carbocycles. The average Bonchev–Trinajstić information content (AvgIpc) is 2.44. The molecule has 1 N–H and O–H groups in total. The van der Waals surface area contributed by atoms with Crippen LogP contribution >= 0.6 is 0 Å². The maximum absolute atomic E-state index is 12.0. The number of aryl methyl sites for hydroxylation is 1. The monoisotopic (exact) mass is 305 g/mol. The summed E-state index contributed by atoms with van der Waals surface area (Å²) in [7, 11) is 0. The van der Waals surface area contributed by atoms with Crippen molar-refractivity contribution in [2.45, 2.75) is 46.1 Å². The SMILES string of the molecule is Cc1cc(NCC2CCN(C(=O)OC(C)(C)C)CC2)ccn1. The van der Waals surface area contributed by atoms with Gasteiger partial charge in [-0.05, 0) is 58.6 Å². The molecular formula is C17H27N3O2. The highest BCUT2D eigenvalue weighted by atomic mass is 16.6. The zero-order valence-electron chi connectivity index (χ0n) is 14.1. The number of pyridine rings is 1. The maximum Gasteiger partial charge on any atom is 0.410 e. The first-order chi connectivity index (χ1) is 10.3. The van der Waals surface area contributed by atoms with Crippen molar-refractivity contribution in [3.8, 4) is 0 Å². The number of aromatic nitrogens is 1. The molecule has 0 unspecified atom stereocenters. The number of hydrogen-bond acceptors (Lipinski definition) is 4. The van der Waals surface area contributed by atoms with Gasteiger partial charge in [-0.3, -0.25) is 4.98 Å². The first kappa shape index (κ1) is 16.6. The van der Waals surface area contributed by atoms with E-state index < -0.39 is 5.60 Å². The summed E-state index contributed by atoms with van der Waals surface area (Å²) < 4.78 is 5.42. The fourth-order valence-corrected chi connectivity index (χ4v) is 2.56. The molecule has 2 heterocycles. The van der Waals surface area contributed by atoms with Crippen LogP contribution in [0.4, 0.5) is 10.5 Å². The van der Waals surface area contributed by atoms with Gasteiger partial charge >= 0.3 is 6.09 Å². The summed E-state index contributed by atoms with van der Waals surface area (Å²) in [6.45, 7) is 10.2. The zero-order chi connectivity index (χ0) is 16.2. The van der Waals surface area contributed by atoms with Crippen LogP contribution < -0.4 is 5.32 Å². The largest absolute Gasteiger partial charge is 0.444 e. The molecule has 0 saturated carbocycles. The fourth-order valence-electron chi connectivity index (χ4n) is 2.56. The van der Waals surface area contributed by atoms with E-state index in [2.05, 4.69) is 16.4 Å². The van der Waals surface area contributed by atoms with Gasteiger partial charge in [0.15, 0.2) is 0 Å². The molecule has 1 aliphatic heterocycles. The lowest BCUT2D eigenvalue weighted by atomic mass is 9.97. The van der Waals surface area contributed by atoms with Crippen molar-refractivity contribution in [3.63, 3.8) is 0 Å². The van der Waals surface area contributed by atoms with Gasteiger partial charge in [0.1, 0.15) is 5.60 Å². The van der Waals surface area contributed by atoms with E-state index in [9.17, 15) is 4.79 Å². The maximum atomic E-state index is 12.0. The van der Waals surface area contributed by atoms with Crippen LogP contribution in [-0.2, 0) is 4.74 Å². The quantitative estimate of drug-likeness (QED) is 0.929. The Balaban J connectivity index is 1.74. The number of carbonyl (C=O) groups is 1. The number of nitrogens with one attached hydrogen (secondary N) is 1. The van der Waals surface area contributed by atoms with Crippen LogP contribution in [0.2, 0.25) is 0 Å². The third-order valence-corrected chi connectivity index (χ3v) is 3.76. The highest BCUT2D eigenvalue weighted by molar-refractivity contribution is 5.68. The number of likely N-dealkylation sites (tertiary alicyclic amines) is 1. The van der Waals surface area contributed by atoms with Crippen LogP contribution in [0.5, 0.6) is 0 Å². The number of rotatable bonds is 3. The standard InChI is InChI=1S/C17H27N3O2/c1-13-11-15(5-8-18-13)19-12-14-6-9-20(10-7-14)16(21)22-17(2,3)4/h5,8,11,14H,6-7,9-10,12H2,1-4H3,(H,18,19). The van der Waals surface area contributed by atoms with Gasteiger partial charge in [-0.1, -0.05) is 0 Å². The minimum atomic E-state index is -0.422. The molecule has 0 radical (unpaired) electrons. The molecule has 1 saturated heterocycles. The number of carbonyl (C=O) groups excluding carboxylic acids is 1. The zero-order valence-corrected chi connectivity index (χ0v) is 14.1. The molecule has 5 heteroatoms. The van der Waals surface area contributed by atoms with E-state index in [0.29, 0.717) is 5.92 Å². The van der Waals surface area contributed by atoms with Crippen LogP contribution in [0.3, 0.4) is 0 Å². The van der Waals surface area contributed by atoms with Crippen molar-refractivity contribution >= 4 is 11.8 Å². The Hall–Kier alpha value is -1.78. The van der Waals surface area contributed by atoms with Gasteiger partial charge in [-0.15, -0.1) is 0 Å². The predicted molar refractivity (Wildman–Crippen MR) is 88.0 cm³/mol. The highest BCUT2D eigenvalue weighted by Crippen LogP contribution is 2.20. The summed E-state index contributed by atoms with van der Waals surface area (Å²) in [5.41, 5.74) is 1.71. The molecule has 22 heavy (non-hydrogen) atoms. The van der Waals surface area contributed by atoms with Crippen molar-refractivity contribution in [2.75, 3.05) is 25.0 Å². The van der Waals surface area contributed by atoms with E-state index in [0.717, 1.165) is 43.9 Å². The third-order valence-electron chi connectivity index (χ3n) is 3.76.